The van der Waals surface area contributed by atoms with Crippen LogP contribution in [0.2, 0.25) is 0 Å². The molecule has 2 aromatic carbocycles. The van der Waals surface area contributed by atoms with E-state index in [2.05, 4.69) is 18.3 Å². The van der Waals surface area contributed by atoms with Gasteiger partial charge in [0.05, 0.1) is 18.9 Å². The van der Waals surface area contributed by atoms with Crippen LogP contribution >= 0.6 is 11.8 Å². The van der Waals surface area contributed by atoms with E-state index in [0.29, 0.717) is 5.75 Å². The minimum Gasteiger partial charge on any atom is -0.496 e. The smallest absolute Gasteiger partial charge is 0.230 e. The van der Waals surface area contributed by atoms with E-state index in [0.717, 1.165) is 22.6 Å². The average molecular weight is 329 g/mol. The lowest BCUT2D eigenvalue weighted by Gasteiger charge is -2.14. The Morgan fingerprint density at radius 2 is 1.96 bits per heavy atom. The number of carbonyl (C=O) groups excluding carboxylic acids is 1. The fraction of sp³-hybridized carbons (Fsp3) is 0.316. The van der Waals surface area contributed by atoms with Crippen molar-refractivity contribution in [1.82, 2.24) is 5.32 Å². The third-order valence-corrected chi connectivity index (χ3v) is 4.59. The van der Waals surface area contributed by atoms with Crippen molar-refractivity contribution in [1.29, 1.82) is 0 Å². The van der Waals surface area contributed by atoms with Crippen molar-refractivity contribution in [2.45, 2.75) is 25.6 Å². The number of ether oxygens (including phenoxy) is 1. The zero-order valence-corrected chi connectivity index (χ0v) is 14.7. The van der Waals surface area contributed by atoms with E-state index in [9.17, 15) is 4.79 Å². The Morgan fingerprint density at radius 3 is 2.65 bits per heavy atom. The molecular weight excluding hydrogens is 306 g/mol. The van der Waals surface area contributed by atoms with Gasteiger partial charge in [0, 0.05) is 11.3 Å². The third kappa shape index (κ3) is 5.32. The Labute approximate surface area is 142 Å². The van der Waals surface area contributed by atoms with Gasteiger partial charge in [-0.15, -0.1) is 11.8 Å². The molecule has 2 aromatic rings. The summed E-state index contributed by atoms with van der Waals surface area (Å²) in [6.45, 7) is 4.06. The maximum Gasteiger partial charge on any atom is 0.230 e. The number of carbonyl (C=O) groups is 1. The fourth-order valence-electron chi connectivity index (χ4n) is 2.38. The summed E-state index contributed by atoms with van der Waals surface area (Å²) in [6, 6.07) is 16.1. The van der Waals surface area contributed by atoms with E-state index < -0.39 is 0 Å². The number of rotatable bonds is 7. The van der Waals surface area contributed by atoms with Gasteiger partial charge < -0.3 is 10.1 Å². The van der Waals surface area contributed by atoms with Crippen LogP contribution in [-0.2, 0) is 10.5 Å². The van der Waals surface area contributed by atoms with E-state index in [1.165, 1.54) is 5.56 Å². The van der Waals surface area contributed by atoms with Crippen LogP contribution in [0.5, 0.6) is 5.75 Å². The highest BCUT2D eigenvalue weighted by Crippen LogP contribution is 2.24. The second-order valence-corrected chi connectivity index (χ2v) is 6.49. The van der Waals surface area contributed by atoms with Gasteiger partial charge in [-0.1, -0.05) is 48.0 Å². The van der Waals surface area contributed by atoms with Gasteiger partial charge >= 0.3 is 0 Å². The molecule has 0 aliphatic rings. The van der Waals surface area contributed by atoms with Gasteiger partial charge in [0.25, 0.3) is 0 Å². The minimum atomic E-state index is 0.0257. The Bertz CT molecular complexity index is 643. The van der Waals surface area contributed by atoms with Gasteiger partial charge in [-0.05, 0) is 25.5 Å². The molecule has 3 nitrogen and oxygen atoms in total. The molecule has 0 heterocycles. The number of thioether (sulfide) groups is 1. The van der Waals surface area contributed by atoms with Crippen LogP contribution < -0.4 is 10.1 Å². The highest BCUT2D eigenvalue weighted by atomic mass is 32.2. The molecule has 122 valence electrons. The molecule has 2 rings (SSSR count). The lowest BCUT2D eigenvalue weighted by atomic mass is 10.1. The van der Waals surface area contributed by atoms with Crippen LogP contribution in [0.4, 0.5) is 0 Å². The van der Waals surface area contributed by atoms with Crippen LogP contribution in [-0.4, -0.2) is 18.8 Å². The summed E-state index contributed by atoms with van der Waals surface area (Å²) in [5.41, 5.74) is 3.44. The first-order chi connectivity index (χ1) is 11.1. The van der Waals surface area contributed by atoms with Gasteiger partial charge in [0.15, 0.2) is 0 Å². The van der Waals surface area contributed by atoms with Gasteiger partial charge in [0.1, 0.15) is 5.75 Å². The summed E-state index contributed by atoms with van der Waals surface area (Å²) in [4.78, 5) is 12.1. The van der Waals surface area contributed by atoms with Crippen LogP contribution in [0.1, 0.15) is 29.7 Å². The van der Waals surface area contributed by atoms with Crippen molar-refractivity contribution in [3.8, 4) is 5.75 Å². The Balaban J connectivity index is 1.82. The Kier molecular flexibility index (Phi) is 6.53. The lowest BCUT2D eigenvalue weighted by Crippen LogP contribution is -2.28. The third-order valence-electron chi connectivity index (χ3n) is 3.60. The van der Waals surface area contributed by atoms with E-state index in [1.807, 2.05) is 49.4 Å². The minimum absolute atomic E-state index is 0.0257. The quantitative estimate of drug-likeness (QED) is 0.830. The van der Waals surface area contributed by atoms with E-state index in [-0.39, 0.29) is 11.9 Å². The van der Waals surface area contributed by atoms with Crippen LogP contribution in [0, 0.1) is 6.92 Å². The number of amides is 1. The Hall–Kier alpha value is -1.94. The van der Waals surface area contributed by atoms with E-state index >= 15 is 0 Å². The zero-order chi connectivity index (χ0) is 16.7. The summed E-state index contributed by atoms with van der Waals surface area (Å²) < 4.78 is 5.37. The first kappa shape index (κ1) is 17.4. The standard InChI is InChI=1S/C19H23NO2S/c1-14-9-10-18(22-3)17(11-14)12-23-13-19(21)20-15(2)16-7-5-4-6-8-16/h4-11,15H,12-13H2,1-3H3,(H,20,21)/t15-/m0/s1. The van der Waals surface area contributed by atoms with Gasteiger partial charge in [0.2, 0.25) is 5.91 Å². The summed E-state index contributed by atoms with van der Waals surface area (Å²) >= 11 is 1.60. The molecule has 1 N–H and O–H groups in total. The molecular formula is C19H23NO2S. The van der Waals surface area contributed by atoms with Gasteiger partial charge in [-0.3, -0.25) is 4.79 Å². The Morgan fingerprint density at radius 1 is 1.22 bits per heavy atom. The van der Waals surface area contributed by atoms with Crippen molar-refractivity contribution >= 4 is 17.7 Å². The normalized spacial score (nSPS) is 11.8. The van der Waals surface area contributed by atoms with E-state index in [1.54, 1.807) is 18.9 Å². The largest absolute Gasteiger partial charge is 0.496 e. The molecule has 0 aliphatic heterocycles. The summed E-state index contributed by atoms with van der Waals surface area (Å²) in [5, 5.41) is 3.03. The van der Waals surface area contributed by atoms with Crippen LogP contribution in [0.15, 0.2) is 48.5 Å². The van der Waals surface area contributed by atoms with Crippen molar-refractivity contribution in [3.63, 3.8) is 0 Å². The number of aryl methyl sites for hydroxylation is 1. The second kappa shape index (κ2) is 8.63. The van der Waals surface area contributed by atoms with Crippen LogP contribution in [0.25, 0.3) is 0 Å². The number of benzene rings is 2. The van der Waals surface area contributed by atoms with Crippen LogP contribution in [0.3, 0.4) is 0 Å². The highest BCUT2D eigenvalue weighted by molar-refractivity contribution is 7.99. The van der Waals surface area contributed by atoms with Crippen molar-refractivity contribution < 1.29 is 9.53 Å². The molecule has 0 saturated carbocycles. The molecule has 1 amide bonds. The molecule has 0 radical (unpaired) electrons. The number of methoxy groups -OCH3 is 1. The number of hydrogen-bond donors (Lipinski definition) is 1. The SMILES string of the molecule is COc1ccc(C)cc1CSCC(=O)N[C@@H](C)c1ccccc1. The lowest BCUT2D eigenvalue weighted by molar-refractivity contribution is -0.119. The molecule has 0 spiro atoms. The van der Waals surface area contributed by atoms with Gasteiger partial charge in [-0.25, -0.2) is 0 Å². The number of hydrogen-bond acceptors (Lipinski definition) is 3. The molecule has 0 aliphatic carbocycles. The van der Waals surface area contributed by atoms with Crippen molar-refractivity contribution in [2.24, 2.45) is 0 Å². The topological polar surface area (TPSA) is 38.3 Å². The average Bonchev–Trinajstić information content (AvgIpc) is 2.56. The molecule has 0 unspecified atom stereocenters. The monoisotopic (exact) mass is 329 g/mol. The predicted molar refractivity (Wildman–Crippen MR) is 96.9 cm³/mol. The fourth-order valence-corrected chi connectivity index (χ4v) is 3.20. The molecule has 0 saturated heterocycles. The highest BCUT2D eigenvalue weighted by Gasteiger charge is 2.10. The molecule has 4 heteroatoms. The summed E-state index contributed by atoms with van der Waals surface area (Å²) in [7, 11) is 1.67. The predicted octanol–water partition coefficient (Wildman–Crippen LogP) is 4.11. The second-order valence-electron chi connectivity index (χ2n) is 5.51. The molecule has 0 aromatic heterocycles. The molecule has 0 bridgehead atoms. The zero-order valence-electron chi connectivity index (χ0n) is 13.8. The first-order valence-electron chi connectivity index (χ1n) is 7.65. The number of nitrogens with one attached hydrogen (secondary N) is 1. The maximum absolute atomic E-state index is 12.1. The first-order valence-corrected chi connectivity index (χ1v) is 8.81. The van der Waals surface area contributed by atoms with Crippen molar-refractivity contribution in [2.75, 3.05) is 12.9 Å². The van der Waals surface area contributed by atoms with Crippen molar-refractivity contribution in [3.05, 3.63) is 65.2 Å². The molecule has 1 atom stereocenters. The maximum atomic E-state index is 12.1. The molecule has 23 heavy (non-hydrogen) atoms. The van der Waals surface area contributed by atoms with E-state index in [4.69, 9.17) is 4.74 Å². The summed E-state index contributed by atoms with van der Waals surface area (Å²) in [5.74, 6) is 2.13. The van der Waals surface area contributed by atoms with Gasteiger partial charge in [-0.2, -0.15) is 0 Å². The summed E-state index contributed by atoms with van der Waals surface area (Å²) in [6.07, 6.45) is 0. The molecule has 0 fully saturated rings.